The number of amides is 1. The van der Waals surface area contributed by atoms with Gasteiger partial charge in [-0.3, -0.25) is 4.79 Å². The molecule has 0 heterocycles. The lowest BCUT2D eigenvalue weighted by Gasteiger charge is -2.13. The highest BCUT2D eigenvalue weighted by Gasteiger charge is 2.13. The first-order chi connectivity index (χ1) is 8.13. The highest BCUT2D eigenvalue weighted by molar-refractivity contribution is 5.91. The Kier molecular flexibility index (Phi) is 4.39. The van der Waals surface area contributed by atoms with E-state index in [0.29, 0.717) is 22.8 Å². The predicted molar refractivity (Wildman–Crippen MR) is 64.3 cm³/mol. The molecule has 0 atom stereocenters. The minimum absolute atomic E-state index is 0.474. The fourth-order valence-corrected chi connectivity index (χ4v) is 1.43. The Morgan fingerprint density at radius 2 is 1.76 bits per heavy atom. The Hall–Kier alpha value is -2.17. The summed E-state index contributed by atoms with van der Waals surface area (Å²) < 4.78 is 15.6. The van der Waals surface area contributed by atoms with Crippen LogP contribution in [0.5, 0.6) is 17.2 Å². The lowest BCUT2D eigenvalue weighted by molar-refractivity contribution is -0.113. The fraction of sp³-hybridized carbons (Fsp3) is 0.250. The van der Waals surface area contributed by atoms with Gasteiger partial charge in [-0.2, -0.15) is 0 Å². The van der Waals surface area contributed by atoms with Crippen LogP contribution in [0.1, 0.15) is 5.56 Å². The molecule has 0 radical (unpaired) electrons. The van der Waals surface area contributed by atoms with Crippen LogP contribution in [0.2, 0.25) is 0 Å². The fourth-order valence-electron chi connectivity index (χ4n) is 1.43. The Morgan fingerprint density at radius 3 is 2.24 bits per heavy atom. The van der Waals surface area contributed by atoms with Gasteiger partial charge in [-0.15, -0.1) is 0 Å². The van der Waals surface area contributed by atoms with Crippen LogP contribution >= 0.6 is 0 Å². The zero-order chi connectivity index (χ0) is 12.8. The van der Waals surface area contributed by atoms with E-state index in [4.69, 9.17) is 19.9 Å². The number of methoxy groups -OCH3 is 3. The minimum Gasteiger partial charge on any atom is -0.493 e. The maximum absolute atomic E-state index is 10.7. The van der Waals surface area contributed by atoms with Gasteiger partial charge in [0.2, 0.25) is 11.7 Å². The molecule has 0 spiro atoms. The molecule has 0 aliphatic rings. The standard InChI is InChI=1S/C12H15NO4/c1-15-9-6-4-8(5-7-10(13)14)11(16-2)12(9)17-3/h4-7H,1-3H3,(H2,13,14)/b7-5+. The molecule has 1 aromatic rings. The normalized spacial score (nSPS) is 10.3. The van der Waals surface area contributed by atoms with Crippen LogP contribution < -0.4 is 19.9 Å². The van der Waals surface area contributed by atoms with Crippen LogP contribution in [0.3, 0.4) is 0 Å². The average molecular weight is 237 g/mol. The molecule has 2 N–H and O–H groups in total. The van der Waals surface area contributed by atoms with E-state index in [9.17, 15) is 4.79 Å². The van der Waals surface area contributed by atoms with Gasteiger partial charge in [0, 0.05) is 11.6 Å². The number of nitrogens with two attached hydrogens (primary N) is 1. The first kappa shape index (κ1) is 12.9. The van der Waals surface area contributed by atoms with Crippen molar-refractivity contribution in [3.63, 3.8) is 0 Å². The summed E-state index contributed by atoms with van der Waals surface area (Å²) in [6.45, 7) is 0. The summed E-state index contributed by atoms with van der Waals surface area (Å²) >= 11 is 0. The molecular weight excluding hydrogens is 222 g/mol. The lowest BCUT2D eigenvalue weighted by atomic mass is 10.1. The van der Waals surface area contributed by atoms with E-state index >= 15 is 0 Å². The molecule has 0 aromatic heterocycles. The van der Waals surface area contributed by atoms with Crippen LogP contribution in [0.4, 0.5) is 0 Å². The summed E-state index contributed by atoms with van der Waals surface area (Å²) in [6.07, 6.45) is 2.81. The molecule has 17 heavy (non-hydrogen) atoms. The molecule has 0 saturated heterocycles. The van der Waals surface area contributed by atoms with Crippen molar-refractivity contribution in [3.8, 4) is 17.2 Å². The summed E-state index contributed by atoms with van der Waals surface area (Å²) in [5, 5.41) is 0. The largest absolute Gasteiger partial charge is 0.493 e. The van der Waals surface area contributed by atoms with Gasteiger partial charge in [-0.1, -0.05) is 0 Å². The molecule has 1 aromatic carbocycles. The van der Waals surface area contributed by atoms with E-state index in [1.165, 1.54) is 27.4 Å². The Balaban J connectivity index is 3.28. The summed E-state index contributed by atoms with van der Waals surface area (Å²) in [5.41, 5.74) is 5.72. The molecule has 0 aliphatic heterocycles. The molecule has 0 bridgehead atoms. The van der Waals surface area contributed by atoms with Gasteiger partial charge in [0.05, 0.1) is 21.3 Å². The van der Waals surface area contributed by atoms with Gasteiger partial charge in [-0.05, 0) is 18.2 Å². The first-order valence-electron chi connectivity index (χ1n) is 4.90. The predicted octanol–water partition coefficient (Wildman–Crippen LogP) is 1.21. The second kappa shape index (κ2) is 5.79. The van der Waals surface area contributed by atoms with Crippen molar-refractivity contribution in [2.24, 2.45) is 5.73 Å². The topological polar surface area (TPSA) is 70.8 Å². The highest BCUT2D eigenvalue weighted by atomic mass is 16.5. The molecule has 0 saturated carbocycles. The zero-order valence-electron chi connectivity index (χ0n) is 10.0. The third-order valence-electron chi connectivity index (χ3n) is 2.16. The molecule has 1 rings (SSSR count). The van der Waals surface area contributed by atoms with E-state index < -0.39 is 5.91 Å². The summed E-state index contributed by atoms with van der Waals surface area (Å²) in [6, 6.07) is 3.47. The smallest absolute Gasteiger partial charge is 0.241 e. The second-order valence-corrected chi connectivity index (χ2v) is 3.16. The van der Waals surface area contributed by atoms with Gasteiger partial charge in [0.15, 0.2) is 11.5 Å². The van der Waals surface area contributed by atoms with Crippen molar-refractivity contribution in [2.45, 2.75) is 0 Å². The van der Waals surface area contributed by atoms with Gasteiger partial charge in [0.25, 0.3) is 0 Å². The van der Waals surface area contributed by atoms with Crippen molar-refractivity contribution >= 4 is 12.0 Å². The van der Waals surface area contributed by atoms with Crippen molar-refractivity contribution in [1.82, 2.24) is 0 Å². The monoisotopic (exact) mass is 237 g/mol. The number of ether oxygens (including phenoxy) is 3. The van der Waals surface area contributed by atoms with E-state index in [1.54, 1.807) is 18.2 Å². The molecule has 5 heteroatoms. The van der Waals surface area contributed by atoms with Crippen LogP contribution in [-0.2, 0) is 4.79 Å². The third kappa shape index (κ3) is 2.90. The minimum atomic E-state index is -0.526. The number of hydrogen-bond acceptors (Lipinski definition) is 4. The van der Waals surface area contributed by atoms with Gasteiger partial charge in [0.1, 0.15) is 0 Å². The molecule has 0 unspecified atom stereocenters. The van der Waals surface area contributed by atoms with Crippen LogP contribution in [0.15, 0.2) is 18.2 Å². The summed E-state index contributed by atoms with van der Waals surface area (Å²) in [5.74, 6) is 0.994. The number of benzene rings is 1. The summed E-state index contributed by atoms with van der Waals surface area (Å²) in [4.78, 5) is 10.7. The van der Waals surface area contributed by atoms with Crippen LogP contribution in [-0.4, -0.2) is 27.2 Å². The lowest BCUT2D eigenvalue weighted by Crippen LogP contribution is -2.05. The van der Waals surface area contributed by atoms with Gasteiger partial charge < -0.3 is 19.9 Å². The molecule has 92 valence electrons. The Morgan fingerprint density at radius 1 is 1.12 bits per heavy atom. The zero-order valence-corrected chi connectivity index (χ0v) is 10.0. The van der Waals surface area contributed by atoms with Crippen molar-refractivity contribution in [2.75, 3.05) is 21.3 Å². The van der Waals surface area contributed by atoms with Crippen molar-refractivity contribution in [3.05, 3.63) is 23.8 Å². The van der Waals surface area contributed by atoms with Crippen LogP contribution in [0, 0.1) is 0 Å². The van der Waals surface area contributed by atoms with E-state index in [1.807, 2.05) is 0 Å². The highest BCUT2D eigenvalue weighted by Crippen LogP contribution is 2.40. The van der Waals surface area contributed by atoms with E-state index in [0.717, 1.165) is 0 Å². The third-order valence-corrected chi connectivity index (χ3v) is 2.16. The molecule has 1 amide bonds. The summed E-state index contributed by atoms with van der Waals surface area (Å²) in [7, 11) is 4.57. The van der Waals surface area contributed by atoms with Crippen LogP contribution in [0.25, 0.3) is 6.08 Å². The number of carbonyl (C=O) groups excluding carboxylic acids is 1. The average Bonchev–Trinajstić information content (AvgIpc) is 2.34. The van der Waals surface area contributed by atoms with E-state index in [2.05, 4.69) is 0 Å². The maximum atomic E-state index is 10.7. The second-order valence-electron chi connectivity index (χ2n) is 3.16. The van der Waals surface area contributed by atoms with Gasteiger partial charge >= 0.3 is 0 Å². The molecule has 0 aliphatic carbocycles. The number of primary amides is 1. The number of rotatable bonds is 5. The van der Waals surface area contributed by atoms with E-state index in [-0.39, 0.29) is 0 Å². The Labute approximate surface area is 99.8 Å². The molecular formula is C12H15NO4. The number of hydrogen-bond donors (Lipinski definition) is 1. The van der Waals surface area contributed by atoms with Crippen molar-refractivity contribution in [1.29, 1.82) is 0 Å². The quantitative estimate of drug-likeness (QED) is 0.781. The molecule has 0 fully saturated rings. The van der Waals surface area contributed by atoms with Crippen molar-refractivity contribution < 1.29 is 19.0 Å². The first-order valence-corrected chi connectivity index (χ1v) is 4.90. The Bertz CT molecular complexity index is 440. The number of carbonyl (C=O) groups is 1. The maximum Gasteiger partial charge on any atom is 0.241 e. The molecule has 5 nitrogen and oxygen atoms in total. The van der Waals surface area contributed by atoms with Gasteiger partial charge in [-0.25, -0.2) is 0 Å². The SMILES string of the molecule is COc1ccc(/C=C/C(N)=O)c(OC)c1OC.